The third-order valence-corrected chi connectivity index (χ3v) is 2.94. The molecule has 116 valence electrons. The van der Waals surface area contributed by atoms with Crippen LogP contribution in [0.1, 0.15) is 44.6 Å². The molecule has 21 heavy (non-hydrogen) atoms. The van der Waals surface area contributed by atoms with Gasteiger partial charge in [-0.2, -0.15) is 0 Å². The summed E-state index contributed by atoms with van der Waals surface area (Å²) in [5.74, 6) is -0.486. The molecule has 0 amide bonds. The fourth-order valence-corrected chi connectivity index (χ4v) is 1.84. The monoisotopic (exact) mass is 292 g/mol. The second kappa shape index (κ2) is 10.9. The van der Waals surface area contributed by atoms with Crippen LogP contribution in [-0.2, 0) is 25.5 Å². The van der Waals surface area contributed by atoms with Gasteiger partial charge in [0.2, 0.25) is 0 Å². The fraction of sp³-hybridized carbons (Fsp3) is 0.529. The number of ether oxygens (including phenoxy) is 2. The van der Waals surface area contributed by atoms with Crippen molar-refractivity contribution in [2.24, 2.45) is 0 Å². The summed E-state index contributed by atoms with van der Waals surface area (Å²) in [6.07, 6.45) is 3.56. The first kappa shape index (κ1) is 17.2. The highest BCUT2D eigenvalue weighted by Crippen LogP contribution is 2.04. The predicted molar refractivity (Wildman–Crippen MR) is 80.8 cm³/mol. The van der Waals surface area contributed by atoms with Crippen molar-refractivity contribution in [3.8, 4) is 0 Å². The lowest BCUT2D eigenvalue weighted by molar-refractivity contribution is -0.145. The van der Waals surface area contributed by atoms with Gasteiger partial charge in [0.25, 0.3) is 0 Å². The number of rotatable bonds is 10. The van der Waals surface area contributed by atoms with Gasteiger partial charge in [0.05, 0.1) is 13.2 Å². The molecule has 0 aliphatic rings. The van der Waals surface area contributed by atoms with Crippen LogP contribution in [0.3, 0.4) is 0 Å². The molecule has 0 saturated heterocycles. The van der Waals surface area contributed by atoms with Crippen molar-refractivity contribution in [2.75, 3.05) is 13.2 Å². The van der Waals surface area contributed by atoms with E-state index in [9.17, 15) is 9.59 Å². The summed E-state index contributed by atoms with van der Waals surface area (Å²) in [6.45, 7) is 2.82. The van der Waals surface area contributed by atoms with E-state index >= 15 is 0 Å². The minimum absolute atomic E-state index is 0.242. The zero-order valence-corrected chi connectivity index (χ0v) is 12.7. The molecule has 4 heteroatoms. The smallest absolute Gasteiger partial charge is 0.305 e. The van der Waals surface area contributed by atoms with E-state index in [-0.39, 0.29) is 24.8 Å². The van der Waals surface area contributed by atoms with Gasteiger partial charge in [-0.3, -0.25) is 9.59 Å². The summed E-state index contributed by atoms with van der Waals surface area (Å²) >= 11 is 0. The van der Waals surface area contributed by atoms with Crippen LogP contribution in [0, 0.1) is 0 Å². The predicted octanol–water partition coefficient (Wildman–Crippen LogP) is 3.29. The Morgan fingerprint density at radius 3 is 2.14 bits per heavy atom. The van der Waals surface area contributed by atoms with Gasteiger partial charge in [-0.1, -0.05) is 37.3 Å². The zero-order chi connectivity index (χ0) is 15.3. The number of carbonyl (C=O) groups is 2. The molecular formula is C17H24O4. The second-order valence-electron chi connectivity index (χ2n) is 4.88. The first-order chi connectivity index (χ1) is 10.2. The van der Waals surface area contributed by atoms with Gasteiger partial charge in [0.15, 0.2) is 0 Å². The maximum absolute atomic E-state index is 11.5. The Morgan fingerprint density at radius 2 is 1.52 bits per heavy atom. The molecule has 1 aromatic rings. The van der Waals surface area contributed by atoms with Crippen molar-refractivity contribution in [1.29, 1.82) is 0 Å². The molecule has 0 N–H and O–H groups in total. The van der Waals surface area contributed by atoms with Gasteiger partial charge in [0.1, 0.15) is 0 Å². The number of esters is 2. The highest BCUT2D eigenvalue weighted by molar-refractivity contribution is 5.72. The summed E-state index contributed by atoms with van der Waals surface area (Å²) in [5.41, 5.74) is 1.24. The lowest BCUT2D eigenvalue weighted by atomic mass is 10.1. The zero-order valence-electron chi connectivity index (χ0n) is 12.7. The number of benzene rings is 1. The SMILES string of the molecule is CCCOC(=O)CCCC(=O)OCCCc1ccccc1. The number of carbonyl (C=O) groups excluding carboxylic acids is 2. The Bertz CT molecular complexity index is 414. The Hall–Kier alpha value is -1.84. The largest absolute Gasteiger partial charge is 0.466 e. The first-order valence-corrected chi connectivity index (χ1v) is 7.57. The van der Waals surface area contributed by atoms with Gasteiger partial charge < -0.3 is 9.47 Å². The van der Waals surface area contributed by atoms with Crippen LogP contribution in [0.25, 0.3) is 0 Å². The molecule has 4 nitrogen and oxygen atoms in total. The van der Waals surface area contributed by atoms with E-state index in [1.165, 1.54) is 5.56 Å². The van der Waals surface area contributed by atoms with Crippen molar-refractivity contribution in [3.05, 3.63) is 35.9 Å². The Kier molecular flexibility index (Phi) is 8.93. The van der Waals surface area contributed by atoms with E-state index < -0.39 is 0 Å². The highest BCUT2D eigenvalue weighted by atomic mass is 16.5. The van der Waals surface area contributed by atoms with Gasteiger partial charge in [-0.25, -0.2) is 0 Å². The minimum Gasteiger partial charge on any atom is -0.466 e. The lowest BCUT2D eigenvalue weighted by Crippen LogP contribution is -2.09. The first-order valence-electron chi connectivity index (χ1n) is 7.57. The van der Waals surface area contributed by atoms with Gasteiger partial charge >= 0.3 is 11.9 Å². The lowest BCUT2D eigenvalue weighted by Gasteiger charge is -2.05. The molecule has 0 spiro atoms. The molecule has 1 aromatic carbocycles. The second-order valence-corrected chi connectivity index (χ2v) is 4.88. The van der Waals surface area contributed by atoms with Crippen molar-refractivity contribution >= 4 is 11.9 Å². The van der Waals surface area contributed by atoms with Gasteiger partial charge in [-0.05, 0) is 31.2 Å². The fourth-order valence-electron chi connectivity index (χ4n) is 1.84. The van der Waals surface area contributed by atoms with Gasteiger partial charge in [-0.15, -0.1) is 0 Å². The molecule has 0 bridgehead atoms. The molecule has 0 saturated carbocycles. The van der Waals surface area contributed by atoms with Crippen molar-refractivity contribution in [3.63, 3.8) is 0 Å². The van der Waals surface area contributed by atoms with E-state index in [0.717, 1.165) is 19.3 Å². The van der Waals surface area contributed by atoms with Crippen molar-refractivity contribution in [2.45, 2.75) is 45.4 Å². The highest BCUT2D eigenvalue weighted by Gasteiger charge is 2.06. The molecule has 0 aliphatic heterocycles. The normalized spacial score (nSPS) is 10.1. The van der Waals surface area contributed by atoms with Crippen LogP contribution in [0.2, 0.25) is 0 Å². The molecule has 1 rings (SSSR count). The van der Waals surface area contributed by atoms with Gasteiger partial charge in [0, 0.05) is 12.8 Å². The average molecular weight is 292 g/mol. The van der Waals surface area contributed by atoms with Crippen molar-refractivity contribution < 1.29 is 19.1 Å². The van der Waals surface area contributed by atoms with E-state index in [4.69, 9.17) is 9.47 Å². The number of aryl methyl sites for hydroxylation is 1. The van der Waals surface area contributed by atoms with Crippen LogP contribution < -0.4 is 0 Å². The van der Waals surface area contributed by atoms with E-state index in [1.807, 2.05) is 25.1 Å². The maximum atomic E-state index is 11.5. The maximum Gasteiger partial charge on any atom is 0.305 e. The van der Waals surface area contributed by atoms with Crippen LogP contribution in [0.5, 0.6) is 0 Å². The quantitative estimate of drug-likeness (QED) is 0.490. The third-order valence-electron chi connectivity index (χ3n) is 2.94. The minimum atomic E-state index is -0.244. The molecular weight excluding hydrogens is 268 g/mol. The summed E-state index contributed by atoms with van der Waals surface area (Å²) < 4.78 is 10.1. The molecule has 0 radical (unpaired) electrons. The summed E-state index contributed by atoms with van der Waals surface area (Å²) in [4.78, 5) is 22.7. The molecule has 0 aliphatic carbocycles. The molecule has 0 aromatic heterocycles. The van der Waals surface area contributed by atoms with E-state index in [2.05, 4.69) is 12.1 Å². The van der Waals surface area contributed by atoms with E-state index in [0.29, 0.717) is 19.6 Å². The summed E-state index contributed by atoms with van der Waals surface area (Å²) in [5, 5.41) is 0. The topological polar surface area (TPSA) is 52.6 Å². The van der Waals surface area contributed by atoms with Crippen molar-refractivity contribution in [1.82, 2.24) is 0 Å². The van der Waals surface area contributed by atoms with Crippen LogP contribution >= 0.6 is 0 Å². The third kappa shape index (κ3) is 8.84. The Balaban J connectivity index is 2.00. The average Bonchev–Trinajstić information content (AvgIpc) is 2.50. The number of hydrogen-bond acceptors (Lipinski definition) is 4. The standard InChI is InChI=1S/C17H24O4/c1-2-13-20-16(18)11-6-12-17(19)21-14-7-10-15-8-4-3-5-9-15/h3-5,8-9H,2,6-7,10-14H2,1H3. The Morgan fingerprint density at radius 1 is 0.905 bits per heavy atom. The Labute approximate surface area is 126 Å². The van der Waals surface area contributed by atoms with Crippen LogP contribution in [-0.4, -0.2) is 25.2 Å². The van der Waals surface area contributed by atoms with Crippen LogP contribution in [0.15, 0.2) is 30.3 Å². The van der Waals surface area contributed by atoms with E-state index in [1.54, 1.807) is 0 Å². The molecule has 0 heterocycles. The van der Waals surface area contributed by atoms with Crippen LogP contribution in [0.4, 0.5) is 0 Å². The summed E-state index contributed by atoms with van der Waals surface area (Å²) in [7, 11) is 0. The number of hydrogen-bond donors (Lipinski definition) is 0. The molecule has 0 fully saturated rings. The molecule has 0 atom stereocenters. The molecule has 0 unspecified atom stereocenters. The summed E-state index contributed by atoms with van der Waals surface area (Å²) in [6, 6.07) is 10.1.